The molecular formula is C4H10N5-. The Kier molecular flexibility index (Phi) is 6.61. The van der Waals surface area contributed by atoms with Crippen LogP contribution in [0.2, 0.25) is 0 Å². The highest BCUT2D eigenvalue weighted by Crippen LogP contribution is 1.65. The van der Waals surface area contributed by atoms with Crippen LogP contribution in [0.15, 0.2) is 0 Å². The second kappa shape index (κ2) is 7.23. The van der Waals surface area contributed by atoms with Gasteiger partial charge in [0, 0.05) is 26.2 Å². The molecule has 1 heterocycles. The first kappa shape index (κ1) is 8.23. The monoisotopic (exact) mass is 128 g/mol. The summed E-state index contributed by atoms with van der Waals surface area (Å²) in [5, 5.41) is 6.44. The van der Waals surface area contributed by atoms with Gasteiger partial charge in [-0.15, -0.1) is 0 Å². The van der Waals surface area contributed by atoms with Crippen LogP contribution in [0, 0.1) is 0 Å². The molecule has 0 aromatic rings. The zero-order valence-electron chi connectivity index (χ0n) is 5.17. The maximum atomic E-state index is 6.75. The molecule has 0 atom stereocenters. The molecule has 52 valence electrons. The minimum Gasteiger partial charge on any atom is -0.373 e. The quantitative estimate of drug-likeness (QED) is 0.274. The number of piperazine rings is 1. The van der Waals surface area contributed by atoms with E-state index >= 15 is 0 Å². The van der Waals surface area contributed by atoms with Crippen molar-refractivity contribution in [2.75, 3.05) is 26.2 Å². The first-order valence-corrected chi connectivity index (χ1v) is 2.81. The first-order valence-electron chi connectivity index (χ1n) is 2.81. The molecule has 2 N–H and O–H groups in total. The van der Waals surface area contributed by atoms with Crippen LogP contribution in [0.25, 0.3) is 16.0 Å². The highest BCUT2D eigenvalue weighted by Gasteiger charge is 1.91. The summed E-state index contributed by atoms with van der Waals surface area (Å²) >= 11 is 0. The summed E-state index contributed by atoms with van der Waals surface area (Å²) in [4.78, 5) is 1.50. The zero-order valence-corrected chi connectivity index (χ0v) is 5.17. The maximum absolute atomic E-state index is 6.75. The molecule has 5 heteroatoms. The van der Waals surface area contributed by atoms with Crippen LogP contribution >= 0.6 is 0 Å². The Balaban J connectivity index is 0.000000187. The Bertz CT molecular complexity index is 69.4. The van der Waals surface area contributed by atoms with E-state index in [1.807, 2.05) is 0 Å². The van der Waals surface area contributed by atoms with Crippen molar-refractivity contribution >= 4 is 0 Å². The van der Waals surface area contributed by atoms with Gasteiger partial charge in [0.15, 0.2) is 0 Å². The average Bonchev–Trinajstić information content (AvgIpc) is 1.93. The van der Waals surface area contributed by atoms with Gasteiger partial charge in [-0.3, -0.25) is 4.91 Å². The summed E-state index contributed by atoms with van der Waals surface area (Å²) < 4.78 is 0. The third-order valence-electron chi connectivity index (χ3n) is 0.957. The van der Waals surface area contributed by atoms with Gasteiger partial charge in [0.05, 0.1) is 0 Å². The van der Waals surface area contributed by atoms with Gasteiger partial charge in [0.1, 0.15) is 0 Å². The molecule has 0 saturated carbocycles. The van der Waals surface area contributed by atoms with E-state index in [0.29, 0.717) is 0 Å². The van der Waals surface area contributed by atoms with Crippen LogP contribution in [0.1, 0.15) is 0 Å². The van der Waals surface area contributed by atoms with Crippen LogP contribution in [0.4, 0.5) is 0 Å². The molecule has 0 aromatic carbocycles. The normalized spacial score (nSPS) is 16.9. The van der Waals surface area contributed by atoms with Crippen molar-refractivity contribution in [1.29, 1.82) is 0 Å². The van der Waals surface area contributed by atoms with Crippen LogP contribution < -0.4 is 10.6 Å². The van der Waals surface area contributed by atoms with E-state index in [4.69, 9.17) is 11.1 Å². The molecule has 0 radical (unpaired) electrons. The van der Waals surface area contributed by atoms with Crippen molar-refractivity contribution in [3.05, 3.63) is 16.0 Å². The summed E-state index contributed by atoms with van der Waals surface area (Å²) in [7, 11) is 0. The molecule has 0 spiro atoms. The van der Waals surface area contributed by atoms with Gasteiger partial charge in [-0.1, -0.05) is 0 Å². The number of hydrogen-bond acceptors (Lipinski definition) is 2. The SMILES string of the molecule is C1CNCCN1.[N-]=[N+]=[N-]. The van der Waals surface area contributed by atoms with E-state index in [2.05, 4.69) is 10.6 Å². The lowest BCUT2D eigenvalue weighted by atomic mass is 10.4. The predicted molar refractivity (Wildman–Crippen MR) is 35.8 cm³/mol. The Morgan fingerprint density at radius 2 is 1.11 bits per heavy atom. The standard InChI is InChI=1S/C4H10N2.N3/c1-2-6-4-3-5-1;1-3-2/h5-6H,1-4H2;/q;-1. The van der Waals surface area contributed by atoms with Gasteiger partial charge in [-0.05, 0) is 0 Å². The third-order valence-corrected chi connectivity index (χ3v) is 0.957. The fourth-order valence-electron chi connectivity index (χ4n) is 0.604. The second-order valence-electron chi connectivity index (χ2n) is 1.59. The topological polar surface area (TPSA) is 82.8 Å². The summed E-state index contributed by atoms with van der Waals surface area (Å²) in [6, 6.07) is 0. The van der Waals surface area contributed by atoms with E-state index in [1.54, 1.807) is 0 Å². The van der Waals surface area contributed by atoms with Crippen LogP contribution in [-0.4, -0.2) is 26.2 Å². The van der Waals surface area contributed by atoms with Crippen molar-refractivity contribution < 1.29 is 0 Å². The molecule has 1 rings (SSSR count). The van der Waals surface area contributed by atoms with Crippen molar-refractivity contribution in [3.8, 4) is 0 Å². The molecule has 0 unspecified atom stereocenters. The second-order valence-corrected chi connectivity index (χ2v) is 1.59. The van der Waals surface area contributed by atoms with Crippen molar-refractivity contribution in [2.24, 2.45) is 0 Å². The van der Waals surface area contributed by atoms with Gasteiger partial charge >= 0.3 is 0 Å². The fourth-order valence-corrected chi connectivity index (χ4v) is 0.604. The fraction of sp³-hybridized carbons (Fsp3) is 1.00. The van der Waals surface area contributed by atoms with Crippen LogP contribution in [0.3, 0.4) is 0 Å². The molecule has 5 nitrogen and oxygen atoms in total. The highest BCUT2D eigenvalue weighted by atomic mass is 15.0. The lowest BCUT2D eigenvalue weighted by molar-refractivity contribution is 0.534. The van der Waals surface area contributed by atoms with E-state index < -0.39 is 0 Å². The average molecular weight is 128 g/mol. The Morgan fingerprint density at radius 3 is 1.22 bits per heavy atom. The zero-order chi connectivity index (χ0) is 6.95. The van der Waals surface area contributed by atoms with E-state index in [0.717, 1.165) is 26.2 Å². The van der Waals surface area contributed by atoms with Crippen LogP contribution in [-0.2, 0) is 0 Å². The third kappa shape index (κ3) is 7.23. The summed E-state index contributed by atoms with van der Waals surface area (Å²) in [6.45, 7) is 4.56. The van der Waals surface area contributed by atoms with E-state index in [-0.39, 0.29) is 0 Å². The minimum absolute atomic E-state index is 1.14. The molecule has 9 heavy (non-hydrogen) atoms. The molecule has 0 aromatic heterocycles. The first-order chi connectivity index (χ1) is 4.41. The summed E-state index contributed by atoms with van der Waals surface area (Å²) in [6.07, 6.45) is 0. The molecule has 1 fully saturated rings. The number of rotatable bonds is 0. The molecule has 1 aliphatic rings. The molecule has 1 aliphatic heterocycles. The van der Waals surface area contributed by atoms with Gasteiger partial charge in [-0.25, -0.2) is 0 Å². The Morgan fingerprint density at radius 1 is 0.889 bits per heavy atom. The lowest BCUT2D eigenvalue weighted by Crippen LogP contribution is -2.39. The van der Waals surface area contributed by atoms with E-state index in [9.17, 15) is 0 Å². The number of nitrogens with zero attached hydrogens (tertiary/aromatic N) is 3. The molecule has 0 bridgehead atoms. The number of nitrogens with one attached hydrogen (secondary N) is 2. The Hall–Kier alpha value is -0.770. The predicted octanol–water partition coefficient (Wildman–Crippen LogP) is 0.0453. The molecule has 0 aliphatic carbocycles. The molecule has 0 amide bonds. The van der Waals surface area contributed by atoms with Crippen molar-refractivity contribution in [3.63, 3.8) is 0 Å². The highest BCUT2D eigenvalue weighted by molar-refractivity contribution is 4.59. The molecular weight excluding hydrogens is 118 g/mol. The van der Waals surface area contributed by atoms with Crippen LogP contribution in [0.5, 0.6) is 0 Å². The van der Waals surface area contributed by atoms with Gasteiger partial charge in [0.25, 0.3) is 0 Å². The van der Waals surface area contributed by atoms with Crippen molar-refractivity contribution in [2.45, 2.75) is 0 Å². The minimum atomic E-state index is 1.14. The van der Waals surface area contributed by atoms with Gasteiger partial charge in [0.2, 0.25) is 0 Å². The summed E-state index contributed by atoms with van der Waals surface area (Å²) in [5.74, 6) is 0. The largest absolute Gasteiger partial charge is 0.373 e. The maximum Gasteiger partial charge on any atom is 0.00772 e. The van der Waals surface area contributed by atoms with Crippen molar-refractivity contribution in [1.82, 2.24) is 10.6 Å². The van der Waals surface area contributed by atoms with Gasteiger partial charge < -0.3 is 21.7 Å². The van der Waals surface area contributed by atoms with Gasteiger partial charge in [-0.2, -0.15) is 0 Å². The summed E-state index contributed by atoms with van der Waals surface area (Å²) in [5.41, 5.74) is 13.5. The smallest absolute Gasteiger partial charge is 0.00772 e. The molecule has 1 saturated heterocycles. The van der Waals surface area contributed by atoms with E-state index in [1.165, 1.54) is 4.91 Å². The Labute approximate surface area is 53.9 Å². The lowest BCUT2D eigenvalue weighted by Gasteiger charge is -2.11. The number of hydrogen-bond donors (Lipinski definition) is 2.